The molecule has 0 unspecified atom stereocenters. The third kappa shape index (κ3) is 6.71. The van der Waals surface area contributed by atoms with Gasteiger partial charge in [0, 0.05) is 11.1 Å². The maximum Gasteiger partial charge on any atom is 0.278 e. The molecule has 0 bridgehead atoms. The molecule has 142 valence electrons. The van der Waals surface area contributed by atoms with Crippen LogP contribution in [0.3, 0.4) is 0 Å². The highest BCUT2D eigenvalue weighted by Gasteiger charge is 2.12. The van der Waals surface area contributed by atoms with Crippen molar-refractivity contribution in [3.63, 3.8) is 0 Å². The number of nitro groups is 1. The van der Waals surface area contributed by atoms with Gasteiger partial charge in [-0.3, -0.25) is 14.9 Å². The molecular formula is C19H20ClN3O4. The maximum absolute atomic E-state index is 11.8. The minimum absolute atomic E-state index is 0.156. The van der Waals surface area contributed by atoms with E-state index in [0.717, 1.165) is 19.3 Å². The van der Waals surface area contributed by atoms with Crippen LogP contribution in [-0.4, -0.2) is 23.7 Å². The van der Waals surface area contributed by atoms with Gasteiger partial charge in [0.25, 0.3) is 11.6 Å². The summed E-state index contributed by atoms with van der Waals surface area (Å²) in [5.41, 5.74) is 3.52. The Morgan fingerprint density at radius 2 is 2.04 bits per heavy atom. The number of amides is 1. The summed E-state index contributed by atoms with van der Waals surface area (Å²) in [5, 5.41) is 15.0. The predicted molar refractivity (Wildman–Crippen MR) is 104 cm³/mol. The van der Waals surface area contributed by atoms with Crippen LogP contribution in [0.25, 0.3) is 0 Å². The summed E-state index contributed by atoms with van der Waals surface area (Å²) in [6.45, 7) is 1.92. The van der Waals surface area contributed by atoms with Gasteiger partial charge in [0.15, 0.2) is 6.61 Å². The van der Waals surface area contributed by atoms with Gasteiger partial charge in [-0.15, -0.1) is 0 Å². The molecule has 0 fully saturated rings. The Balaban J connectivity index is 1.85. The van der Waals surface area contributed by atoms with Crippen LogP contribution in [0.5, 0.6) is 5.75 Å². The van der Waals surface area contributed by atoms with Crippen LogP contribution < -0.4 is 10.2 Å². The van der Waals surface area contributed by atoms with E-state index in [9.17, 15) is 14.9 Å². The summed E-state index contributed by atoms with van der Waals surface area (Å²) < 4.78 is 5.40. The van der Waals surface area contributed by atoms with Crippen LogP contribution in [0.1, 0.15) is 30.9 Å². The fourth-order valence-electron chi connectivity index (χ4n) is 2.28. The van der Waals surface area contributed by atoms with Crippen LogP contribution in [0.15, 0.2) is 47.6 Å². The largest absolute Gasteiger partial charge is 0.484 e. The number of hydrogen-bond donors (Lipinski definition) is 1. The summed E-state index contributed by atoms with van der Waals surface area (Å²) in [5.74, 6) is 0.103. The first-order chi connectivity index (χ1) is 13.0. The van der Waals surface area contributed by atoms with Crippen molar-refractivity contribution >= 4 is 29.4 Å². The lowest BCUT2D eigenvalue weighted by Crippen LogP contribution is -2.24. The monoisotopic (exact) mass is 389 g/mol. The number of unbranched alkanes of at least 4 members (excludes halogenated alkanes) is 1. The Kier molecular flexibility index (Phi) is 7.76. The number of hydrogen-bond acceptors (Lipinski definition) is 5. The van der Waals surface area contributed by atoms with Crippen molar-refractivity contribution in [3.05, 3.63) is 68.7 Å². The lowest BCUT2D eigenvalue weighted by Gasteiger charge is -2.06. The van der Waals surface area contributed by atoms with E-state index < -0.39 is 10.8 Å². The number of carbonyl (C=O) groups excluding carboxylic acids is 1. The van der Waals surface area contributed by atoms with E-state index in [2.05, 4.69) is 17.5 Å². The van der Waals surface area contributed by atoms with Gasteiger partial charge in [-0.25, -0.2) is 5.43 Å². The van der Waals surface area contributed by atoms with Crippen LogP contribution in [0.2, 0.25) is 5.02 Å². The molecule has 2 aromatic rings. The molecule has 0 heterocycles. The minimum atomic E-state index is -0.549. The number of benzene rings is 2. The average molecular weight is 390 g/mol. The van der Waals surface area contributed by atoms with Crippen molar-refractivity contribution < 1.29 is 14.5 Å². The molecule has 2 aromatic carbocycles. The Morgan fingerprint density at radius 3 is 2.70 bits per heavy atom. The summed E-state index contributed by atoms with van der Waals surface area (Å²) in [4.78, 5) is 22.2. The van der Waals surface area contributed by atoms with Crippen molar-refractivity contribution in [3.8, 4) is 5.75 Å². The summed E-state index contributed by atoms with van der Waals surface area (Å²) >= 11 is 5.83. The van der Waals surface area contributed by atoms with E-state index in [1.165, 1.54) is 30.0 Å². The molecule has 8 heteroatoms. The van der Waals surface area contributed by atoms with Gasteiger partial charge in [0.2, 0.25) is 0 Å². The van der Waals surface area contributed by atoms with Gasteiger partial charge in [-0.2, -0.15) is 5.10 Å². The fraction of sp³-hybridized carbons (Fsp3) is 0.263. The lowest BCUT2D eigenvalue weighted by molar-refractivity contribution is -0.385. The van der Waals surface area contributed by atoms with E-state index in [0.29, 0.717) is 10.8 Å². The molecule has 0 aromatic heterocycles. The highest BCUT2D eigenvalue weighted by atomic mass is 35.5. The molecule has 27 heavy (non-hydrogen) atoms. The number of nitrogens with one attached hydrogen (secondary N) is 1. The third-order valence-electron chi connectivity index (χ3n) is 3.69. The molecule has 1 amide bonds. The third-order valence-corrected chi connectivity index (χ3v) is 3.93. The normalized spacial score (nSPS) is 10.7. The second-order valence-electron chi connectivity index (χ2n) is 5.79. The second-order valence-corrected chi connectivity index (χ2v) is 6.23. The first-order valence-electron chi connectivity index (χ1n) is 8.47. The molecule has 0 saturated carbocycles. The van der Waals surface area contributed by atoms with Crippen LogP contribution in [0, 0.1) is 10.1 Å². The van der Waals surface area contributed by atoms with Crippen LogP contribution in [0.4, 0.5) is 5.69 Å². The smallest absolute Gasteiger partial charge is 0.278 e. The topological polar surface area (TPSA) is 93.8 Å². The van der Waals surface area contributed by atoms with Crippen LogP contribution >= 0.6 is 11.6 Å². The highest BCUT2D eigenvalue weighted by Crippen LogP contribution is 2.21. The average Bonchev–Trinajstić information content (AvgIpc) is 2.65. The number of aryl methyl sites for hydroxylation is 1. The molecule has 0 radical (unpaired) electrons. The number of nitrogens with zero attached hydrogens (tertiary/aromatic N) is 2. The zero-order valence-corrected chi connectivity index (χ0v) is 15.6. The van der Waals surface area contributed by atoms with E-state index in [1.54, 1.807) is 0 Å². The summed E-state index contributed by atoms with van der Waals surface area (Å²) in [6, 6.07) is 11.7. The zero-order valence-electron chi connectivity index (χ0n) is 14.9. The van der Waals surface area contributed by atoms with Gasteiger partial charge in [-0.05, 0) is 42.7 Å². The molecule has 0 atom stereocenters. The fourth-order valence-corrected chi connectivity index (χ4v) is 2.46. The van der Waals surface area contributed by atoms with E-state index in [1.807, 2.05) is 24.3 Å². The van der Waals surface area contributed by atoms with E-state index in [4.69, 9.17) is 16.3 Å². The molecule has 1 N–H and O–H groups in total. The SMILES string of the molecule is CCCCc1ccc(OCC(=O)N/N=C\c2cc(Cl)ccc2[N+](=O)[O-])cc1. The number of rotatable bonds is 9. The van der Waals surface area contributed by atoms with Crippen molar-refractivity contribution in [2.24, 2.45) is 5.10 Å². The Hall–Kier alpha value is -2.93. The highest BCUT2D eigenvalue weighted by molar-refractivity contribution is 6.31. The first kappa shape index (κ1) is 20.4. The Morgan fingerprint density at radius 1 is 1.30 bits per heavy atom. The summed E-state index contributed by atoms with van der Waals surface area (Å²) in [6.07, 6.45) is 4.45. The number of carbonyl (C=O) groups is 1. The molecule has 2 rings (SSSR count). The van der Waals surface area contributed by atoms with Crippen molar-refractivity contribution in [1.29, 1.82) is 0 Å². The van der Waals surface area contributed by atoms with Gasteiger partial charge >= 0.3 is 0 Å². The first-order valence-corrected chi connectivity index (χ1v) is 8.85. The van der Waals surface area contributed by atoms with E-state index in [-0.39, 0.29) is 17.9 Å². The molecule has 0 saturated heterocycles. The molecular weight excluding hydrogens is 370 g/mol. The Labute approximate surface area is 162 Å². The van der Waals surface area contributed by atoms with Crippen molar-refractivity contribution in [2.45, 2.75) is 26.2 Å². The number of halogens is 1. The second kappa shape index (κ2) is 10.3. The standard InChI is InChI=1S/C19H20ClN3O4/c1-2-3-4-14-5-8-17(9-6-14)27-13-19(24)22-21-12-15-11-16(20)7-10-18(15)23(25)26/h5-12H,2-4,13H2,1H3,(H,22,24)/b21-12-. The van der Waals surface area contributed by atoms with Gasteiger partial charge in [0.05, 0.1) is 16.7 Å². The van der Waals surface area contributed by atoms with Crippen LogP contribution in [-0.2, 0) is 11.2 Å². The maximum atomic E-state index is 11.8. The molecule has 0 aliphatic heterocycles. The van der Waals surface area contributed by atoms with Crippen molar-refractivity contribution in [1.82, 2.24) is 5.43 Å². The predicted octanol–water partition coefficient (Wildman–Crippen LogP) is 4.12. The van der Waals surface area contributed by atoms with Gasteiger partial charge in [-0.1, -0.05) is 37.1 Å². The molecule has 0 aliphatic rings. The Bertz CT molecular complexity index is 822. The minimum Gasteiger partial charge on any atom is -0.484 e. The zero-order chi connectivity index (χ0) is 19.6. The lowest BCUT2D eigenvalue weighted by atomic mass is 10.1. The van der Waals surface area contributed by atoms with Gasteiger partial charge < -0.3 is 4.74 Å². The molecule has 7 nitrogen and oxygen atoms in total. The number of hydrazone groups is 1. The quantitative estimate of drug-likeness (QED) is 0.396. The van der Waals surface area contributed by atoms with Gasteiger partial charge in [0.1, 0.15) is 5.75 Å². The molecule has 0 spiro atoms. The van der Waals surface area contributed by atoms with E-state index >= 15 is 0 Å². The number of nitro benzene ring substituents is 1. The van der Waals surface area contributed by atoms with Crippen molar-refractivity contribution in [2.75, 3.05) is 6.61 Å². The number of ether oxygens (including phenoxy) is 1. The molecule has 0 aliphatic carbocycles. The summed E-state index contributed by atoms with van der Waals surface area (Å²) in [7, 11) is 0.